The van der Waals surface area contributed by atoms with Gasteiger partial charge in [0, 0.05) is 5.92 Å². The molecule has 192 valence electrons. The monoisotopic (exact) mass is 468 g/mol. The van der Waals surface area contributed by atoms with Gasteiger partial charge in [0.2, 0.25) is 0 Å². The molecule has 1 aliphatic carbocycles. The molecule has 2 aliphatic rings. The topological polar surface area (TPSA) is 29.5 Å². The summed E-state index contributed by atoms with van der Waals surface area (Å²) in [5.41, 5.74) is 8.17. The number of aliphatic hydroxyl groups is 1. The molecule has 3 atom stereocenters. The summed E-state index contributed by atoms with van der Waals surface area (Å²) in [4.78, 5) is 0. The predicted octanol–water partition coefficient (Wildman–Crippen LogP) is 9.53. The summed E-state index contributed by atoms with van der Waals surface area (Å²) >= 11 is 0. The largest absolute Gasteiger partial charge is 0.487 e. The van der Waals surface area contributed by atoms with Gasteiger partial charge in [0.05, 0.1) is 6.10 Å². The third-order valence-corrected chi connectivity index (χ3v) is 7.88. The molecule has 2 nitrogen and oxygen atoms in total. The molecule has 1 aliphatic heterocycles. The SMILES string of the molecule is CCC1=C2CCC(C)(CC/C=C(\C)CC/C=C(\C)CCC=C(C)C)OC2=C(CC)C(CC)C1O. The second-order valence-corrected chi connectivity index (χ2v) is 11.1. The van der Waals surface area contributed by atoms with Crippen molar-refractivity contribution < 1.29 is 9.84 Å². The van der Waals surface area contributed by atoms with Crippen molar-refractivity contribution in [3.8, 4) is 0 Å². The van der Waals surface area contributed by atoms with E-state index < -0.39 is 0 Å². The van der Waals surface area contributed by atoms with E-state index in [9.17, 15) is 5.11 Å². The van der Waals surface area contributed by atoms with Crippen molar-refractivity contribution in [2.75, 3.05) is 0 Å². The van der Waals surface area contributed by atoms with Crippen LogP contribution in [-0.4, -0.2) is 16.8 Å². The smallest absolute Gasteiger partial charge is 0.122 e. The van der Waals surface area contributed by atoms with Crippen LogP contribution in [0.3, 0.4) is 0 Å². The zero-order valence-electron chi connectivity index (χ0n) is 23.5. The molecular formula is C32H52O2. The first-order chi connectivity index (χ1) is 16.2. The van der Waals surface area contributed by atoms with Crippen molar-refractivity contribution in [2.45, 2.75) is 138 Å². The van der Waals surface area contributed by atoms with Crippen LogP contribution in [0.1, 0.15) is 126 Å². The maximum atomic E-state index is 11.0. The second kappa shape index (κ2) is 13.5. The van der Waals surface area contributed by atoms with Crippen LogP contribution in [0.2, 0.25) is 0 Å². The van der Waals surface area contributed by atoms with E-state index in [2.05, 4.69) is 73.6 Å². The molecule has 0 radical (unpaired) electrons. The Labute approximate surface area is 211 Å². The number of hydrogen-bond acceptors (Lipinski definition) is 2. The van der Waals surface area contributed by atoms with Crippen LogP contribution in [0, 0.1) is 5.92 Å². The number of ether oxygens (including phenoxy) is 1. The third kappa shape index (κ3) is 7.74. The van der Waals surface area contributed by atoms with Gasteiger partial charge in [-0.25, -0.2) is 0 Å². The highest BCUT2D eigenvalue weighted by molar-refractivity contribution is 5.44. The molecule has 2 rings (SSSR count). The van der Waals surface area contributed by atoms with E-state index >= 15 is 0 Å². The van der Waals surface area contributed by atoms with E-state index in [1.54, 1.807) is 0 Å². The molecule has 0 aromatic carbocycles. The Kier molecular flexibility index (Phi) is 11.4. The molecule has 34 heavy (non-hydrogen) atoms. The normalized spacial score (nSPS) is 25.9. The van der Waals surface area contributed by atoms with Gasteiger partial charge in [-0.15, -0.1) is 0 Å². The van der Waals surface area contributed by atoms with Crippen molar-refractivity contribution >= 4 is 0 Å². The fourth-order valence-electron chi connectivity index (χ4n) is 5.66. The number of allylic oxidation sites excluding steroid dienone is 7. The lowest BCUT2D eigenvalue weighted by atomic mass is 9.73. The molecule has 1 saturated heterocycles. The number of rotatable bonds is 12. The average Bonchev–Trinajstić information content (AvgIpc) is 2.78. The van der Waals surface area contributed by atoms with Crippen LogP contribution in [0.25, 0.3) is 0 Å². The van der Waals surface area contributed by atoms with Gasteiger partial charge in [-0.3, -0.25) is 0 Å². The first kappa shape index (κ1) is 28.7. The Bertz CT molecular complexity index is 831. The Morgan fingerprint density at radius 1 is 0.912 bits per heavy atom. The van der Waals surface area contributed by atoms with Gasteiger partial charge in [0.1, 0.15) is 11.4 Å². The molecular weight excluding hydrogens is 416 g/mol. The third-order valence-electron chi connectivity index (χ3n) is 7.88. The maximum absolute atomic E-state index is 11.0. The summed E-state index contributed by atoms with van der Waals surface area (Å²) in [6.07, 6.45) is 18.5. The minimum absolute atomic E-state index is 0.114. The highest BCUT2D eigenvalue weighted by Crippen LogP contribution is 2.47. The van der Waals surface area contributed by atoms with Crippen molar-refractivity contribution in [2.24, 2.45) is 5.92 Å². The van der Waals surface area contributed by atoms with Gasteiger partial charge in [-0.2, -0.15) is 0 Å². The lowest BCUT2D eigenvalue weighted by molar-refractivity contribution is -0.0158. The van der Waals surface area contributed by atoms with Crippen LogP contribution in [-0.2, 0) is 4.74 Å². The highest BCUT2D eigenvalue weighted by Gasteiger charge is 2.41. The second-order valence-electron chi connectivity index (χ2n) is 11.1. The van der Waals surface area contributed by atoms with Crippen LogP contribution in [0.4, 0.5) is 0 Å². The molecule has 0 spiro atoms. The molecule has 0 saturated carbocycles. The molecule has 0 aromatic heterocycles. The minimum Gasteiger partial charge on any atom is -0.487 e. The van der Waals surface area contributed by atoms with E-state index in [0.29, 0.717) is 0 Å². The molecule has 3 unspecified atom stereocenters. The zero-order chi connectivity index (χ0) is 25.3. The van der Waals surface area contributed by atoms with E-state index in [1.807, 2.05) is 0 Å². The van der Waals surface area contributed by atoms with E-state index in [-0.39, 0.29) is 17.6 Å². The molecule has 0 aromatic rings. The summed E-state index contributed by atoms with van der Waals surface area (Å²) in [6, 6.07) is 0. The Balaban J connectivity index is 1.96. The fraction of sp³-hybridized carbons (Fsp3) is 0.688. The quantitative estimate of drug-likeness (QED) is 0.289. The number of aliphatic hydroxyl groups excluding tert-OH is 1. The highest BCUT2D eigenvalue weighted by atomic mass is 16.5. The summed E-state index contributed by atoms with van der Waals surface area (Å²) in [5.74, 6) is 1.35. The summed E-state index contributed by atoms with van der Waals surface area (Å²) in [7, 11) is 0. The Hall–Kier alpha value is -1.54. The summed E-state index contributed by atoms with van der Waals surface area (Å²) in [6.45, 7) is 17.8. The first-order valence-corrected chi connectivity index (χ1v) is 13.9. The van der Waals surface area contributed by atoms with Crippen molar-refractivity contribution in [1.82, 2.24) is 0 Å². The number of fused-ring (bicyclic) bond motifs is 1. The molecule has 0 bridgehead atoms. The van der Waals surface area contributed by atoms with Crippen LogP contribution >= 0.6 is 0 Å². The minimum atomic E-state index is -0.327. The summed E-state index contributed by atoms with van der Waals surface area (Å²) < 4.78 is 6.81. The van der Waals surface area contributed by atoms with E-state index in [0.717, 1.165) is 70.0 Å². The van der Waals surface area contributed by atoms with Gasteiger partial charge >= 0.3 is 0 Å². The standard InChI is InChI=1S/C32H52O2/c1-9-26-28(11-3)31-29(27(10-2)30(26)33)20-22-32(8,34-31)21-14-19-25(7)18-13-17-24(6)16-12-15-23(4)5/h15,17,19,26,30,33H,9-14,16,18,20-22H2,1-8H3/b24-17+,25-19+. The molecule has 0 amide bonds. The van der Waals surface area contributed by atoms with E-state index in [1.165, 1.54) is 39.9 Å². The Morgan fingerprint density at radius 2 is 1.50 bits per heavy atom. The maximum Gasteiger partial charge on any atom is 0.122 e. The Morgan fingerprint density at radius 3 is 2.06 bits per heavy atom. The van der Waals surface area contributed by atoms with Gasteiger partial charge in [0.15, 0.2) is 0 Å². The zero-order valence-corrected chi connectivity index (χ0v) is 23.5. The van der Waals surface area contributed by atoms with Crippen LogP contribution < -0.4 is 0 Å². The first-order valence-electron chi connectivity index (χ1n) is 13.9. The van der Waals surface area contributed by atoms with Crippen molar-refractivity contribution in [3.05, 3.63) is 57.4 Å². The van der Waals surface area contributed by atoms with Gasteiger partial charge in [-0.1, -0.05) is 55.7 Å². The van der Waals surface area contributed by atoms with Crippen molar-refractivity contribution in [3.63, 3.8) is 0 Å². The van der Waals surface area contributed by atoms with E-state index in [4.69, 9.17) is 4.74 Å². The summed E-state index contributed by atoms with van der Waals surface area (Å²) in [5, 5.41) is 11.0. The predicted molar refractivity (Wildman–Crippen MR) is 148 cm³/mol. The van der Waals surface area contributed by atoms with Crippen molar-refractivity contribution in [1.29, 1.82) is 0 Å². The fourth-order valence-corrected chi connectivity index (χ4v) is 5.66. The van der Waals surface area contributed by atoms with Gasteiger partial charge in [0.25, 0.3) is 0 Å². The van der Waals surface area contributed by atoms with Gasteiger partial charge in [-0.05, 0) is 122 Å². The molecule has 1 N–H and O–H groups in total. The lowest BCUT2D eigenvalue weighted by Gasteiger charge is -2.44. The average molecular weight is 469 g/mol. The molecule has 1 fully saturated rings. The van der Waals surface area contributed by atoms with Crippen LogP contribution in [0.5, 0.6) is 0 Å². The molecule has 2 heteroatoms. The molecule has 1 heterocycles. The lowest BCUT2D eigenvalue weighted by Crippen LogP contribution is -2.38. The van der Waals surface area contributed by atoms with Gasteiger partial charge < -0.3 is 9.84 Å². The number of hydrogen-bond donors (Lipinski definition) is 1. The van der Waals surface area contributed by atoms with Crippen LogP contribution in [0.15, 0.2) is 57.4 Å².